The van der Waals surface area contributed by atoms with E-state index < -0.39 is 0 Å². The van der Waals surface area contributed by atoms with Crippen molar-refractivity contribution in [2.75, 3.05) is 13.6 Å². The van der Waals surface area contributed by atoms with Crippen LogP contribution in [0, 0.1) is 12.8 Å². The van der Waals surface area contributed by atoms with E-state index in [4.69, 9.17) is 0 Å². The zero-order valence-electron chi connectivity index (χ0n) is 8.92. The molecule has 1 N–H and O–H groups in total. The van der Waals surface area contributed by atoms with Gasteiger partial charge < -0.3 is 5.32 Å². The van der Waals surface area contributed by atoms with E-state index >= 15 is 0 Å². The average Bonchev–Trinajstić information content (AvgIpc) is 2.46. The molecule has 0 aliphatic carbocycles. The summed E-state index contributed by atoms with van der Waals surface area (Å²) >= 11 is 1.92. The van der Waals surface area contributed by atoms with Crippen LogP contribution in [0.4, 0.5) is 0 Å². The van der Waals surface area contributed by atoms with Crippen LogP contribution in [0.25, 0.3) is 0 Å². The summed E-state index contributed by atoms with van der Waals surface area (Å²) in [6.45, 7) is 7.83. The van der Waals surface area contributed by atoms with Gasteiger partial charge in [0.05, 0.1) is 0 Å². The topological polar surface area (TPSA) is 12.0 Å². The zero-order valence-corrected chi connectivity index (χ0v) is 9.74. The van der Waals surface area contributed by atoms with Gasteiger partial charge in [-0.1, -0.05) is 13.8 Å². The SMILES string of the molecule is CNCC(c1ccc(C)s1)C(C)C. The number of likely N-dealkylation sites (N-methyl/N-ethyl adjacent to an activating group) is 1. The Kier molecular flexibility index (Phi) is 3.94. The molecule has 0 bridgehead atoms. The predicted octanol–water partition coefficient (Wildman–Crippen LogP) is 3.02. The molecule has 0 aliphatic rings. The Morgan fingerprint density at radius 1 is 1.38 bits per heavy atom. The molecular weight excluding hydrogens is 178 g/mol. The van der Waals surface area contributed by atoms with Gasteiger partial charge in [0.15, 0.2) is 0 Å². The van der Waals surface area contributed by atoms with Gasteiger partial charge in [0, 0.05) is 22.2 Å². The minimum Gasteiger partial charge on any atom is -0.319 e. The molecule has 2 heteroatoms. The van der Waals surface area contributed by atoms with E-state index in [1.54, 1.807) is 0 Å². The van der Waals surface area contributed by atoms with Crippen molar-refractivity contribution in [1.29, 1.82) is 0 Å². The van der Waals surface area contributed by atoms with Gasteiger partial charge in [-0.05, 0) is 32.0 Å². The highest BCUT2D eigenvalue weighted by atomic mass is 32.1. The van der Waals surface area contributed by atoms with Crippen LogP contribution in [0.1, 0.15) is 29.5 Å². The molecule has 0 fully saturated rings. The molecule has 0 aromatic carbocycles. The largest absolute Gasteiger partial charge is 0.319 e. The standard InChI is InChI=1S/C11H19NS/c1-8(2)10(7-12-4)11-6-5-9(3)13-11/h5-6,8,10,12H,7H2,1-4H3. The second kappa shape index (κ2) is 4.77. The van der Waals surface area contributed by atoms with E-state index in [1.165, 1.54) is 9.75 Å². The predicted molar refractivity (Wildman–Crippen MR) is 60.6 cm³/mol. The van der Waals surface area contributed by atoms with Crippen LogP contribution in [0.5, 0.6) is 0 Å². The van der Waals surface area contributed by atoms with Crippen LogP contribution in [0.2, 0.25) is 0 Å². The van der Waals surface area contributed by atoms with Gasteiger partial charge in [0.2, 0.25) is 0 Å². The lowest BCUT2D eigenvalue weighted by atomic mass is 9.94. The number of hydrogen-bond donors (Lipinski definition) is 1. The number of aryl methyl sites for hydroxylation is 1. The lowest BCUT2D eigenvalue weighted by Crippen LogP contribution is -2.20. The van der Waals surface area contributed by atoms with Crippen molar-refractivity contribution < 1.29 is 0 Å². The second-order valence-electron chi connectivity index (χ2n) is 3.86. The van der Waals surface area contributed by atoms with Crippen molar-refractivity contribution in [2.24, 2.45) is 5.92 Å². The summed E-state index contributed by atoms with van der Waals surface area (Å²) in [4.78, 5) is 2.93. The fraction of sp³-hybridized carbons (Fsp3) is 0.636. The Morgan fingerprint density at radius 3 is 2.46 bits per heavy atom. The Labute approximate surface area is 85.2 Å². The quantitative estimate of drug-likeness (QED) is 0.782. The first-order valence-electron chi connectivity index (χ1n) is 4.86. The highest BCUT2D eigenvalue weighted by Crippen LogP contribution is 2.29. The van der Waals surface area contributed by atoms with Gasteiger partial charge in [0.1, 0.15) is 0 Å². The lowest BCUT2D eigenvalue weighted by Gasteiger charge is -2.18. The first-order valence-corrected chi connectivity index (χ1v) is 5.67. The normalized spacial score (nSPS) is 13.6. The third-order valence-electron chi connectivity index (χ3n) is 2.36. The van der Waals surface area contributed by atoms with Crippen LogP contribution in [-0.2, 0) is 0 Å². The molecular formula is C11H19NS. The van der Waals surface area contributed by atoms with Gasteiger partial charge >= 0.3 is 0 Å². The Hall–Kier alpha value is -0.340. The summed E-state index contributed by atoms with van der Waals surface area (Å²) in [6, 6.07) is 4.48. The smallest absolute Gasteiger partial charge is 0.00942 e. The van der Waals surface area contributed by atoms with Crippen molar-refractivity contribution in [3.63, 3.8) is 0 Å². The molecule has 74 valence electrons. The van der Waals surface area contributed by atoms with Crippen molar-refractivity contribution in [1.82, 2.24) is 5.32 Å². The summed E-state index contributed by atoms with van der Waals surface area (Å²) in [7, 11) is 2.02. The minimum atomic E-state index is 0.670. The fourth-order valence-corrected chi connectivity index (χ4v) is 2.69. The molecule has 1 unspecified atom stereocenters. The van der Waals surface area contributed by atoms with Gasteiger partial charge in [-0.3, -0.25) is 0 Å². The molecule has 0 aliphatic heterocycles. The molecule has 1 atom stereocenters. The zero-order chi connectivity index (χ0) is 9.84. The summed E-state index contributed by atoms with van der Waals surface area (Å²) in [6.07, 6.45) is 0. The van der Waals surface area contributed by atoms with Gasteiger partial charge in [-0.25, -0.2) is 0 Å². The van der Waals surface area contributed by atoms with Gasteiger partial charge in [0.25, 0.3) is 0 Å². The Balaban J connectivity index is 2.75. The molecule has 0 radical (unpaired) electrons. The van der Waals surface area contributed by atoms with Crippen LogP contribution in [-0.4, -0.2) is 13.6 Å². The van der Waals surface area contributed by atoms with Gasteiger partial charge in [-0.2, -0.15) is 0 Å². The summed E-state index contributed by atoms with van der Waals surface area (Å²) < 4.78 is 0. The first kappa shape index (κ1) is 10.7. The molecule has 1 heterocycles. The molecule has 13 heavy (non-hydrogen) atoms. The van der Waals surface area contributed by atoms with E-state index in [2.05, 4.69) is 38.2 Å². The summed E-state index contributed by atoms with van der Waals surface area (Å²) in [5.41, 5.74) is 0. The maximum atomic E-state index is 3.26. The molecule has 0 amide bonds. The highest BCUT2D eigenvalue weighted by Gasteiger charge is 2.16. The van der Waals surface area contributed by atoms with Crippen LogP contribution >= 0.6 is 11.3 Å². The molecule has 1 rings (SSSR count). The minimum absolute atomic E-state index is 0.670. The van der Waals surface area contributed by atoms with Crippen LogP contribution < -0.4 is 5.32 Å². The van der Waals surface area contributed by atoms with Gasteiger partial charge in [-0.15, -0.1) is 11.3 Å². The third-order valence-corrected chi connectivity index (χ3v) is 3.49. The molecule has 0 saturated carbocycles. The second-order valence-corrected chi connectivity index (χ2v) is 5.18. The maximum absolute atomic E-state index is 3.26. The number of rotatable bonds is 4. The van der Waals surface area contributed by atoms with E-state index in [-0.39, 0.29) is 0 Å². The van der Waals surface area contributed by atoms with E-state index in [0.717, 1.165) is 6.54 Å². The first-order chi connectivity index (χ1) is 6.15. The molecule has 0 saturated heterocycles. The monoisotopic (exact) mass is 197 g/mol. The van der Waals surface area contributed by atoms with Crippen LogP contribution in [0.15, 0.2) is 12.1 Å². The highest BCUT2D eigenvalue weighted by molar-refractivity contribution is 7.12. The summed E-state index contributed by atoms with van der Waals surface area (Å²) in [5, 5.41) is 3.26. The third kappa shape index (κ3) is 2.82. The van der Waals surface area contributed by atoms with Crippen LogP contribution in [0.3, 0.4) is 0 Å². The molecule has 1 aromatic rings. The van der Waals surface area contributed by atoms with Crippen molar-refractivity contribution >= 4 is 11.3 Å². The number of nitrogens with one attached hydrogen (secondary N) is 1. The lowest BCUT2D eigenvalue weighted by molar-refractivity contribution is 0.485. The van der Waals surface area contributed by atoms with E-state index in [9.17, 15) is 0 Å². The molecule has 0 spiro atoms. The fourth-order valence-electron chi connectivity index (χ4n) is 1.54. The maximum Gasteiger partial charge on any atom is 0.00942 e. The Morgan fingerprint density at radius 2 is 2.08 bits per heavy atom. The van der Waals surface area contributed by atoms with Crippen molar-refractivity contribution in [2.45, 2.75) is 26.7 Å². The Bertz CT molecular complexity index is 252. The summed E-state index contributed by atoms with van der Waals surface area (Å²) in [5.74, 6) is 1.38. The average molecular weight is 197 g/mol. The molecule has 1 nitrogen and oxygen atoms in total. The van der Waals surface area contributed by atoms with Crippen molar-refractivity contribution in [3.8, 4) is 0 Å². The van der Waals surface area contributed by atoms with E-state index in [1.807, 2.05) is 18.4 Å². The molecule has 1 aromatic heterocycles. The van der Waals surface area contributed by atoms with E-state index in [0.29, 0.717) is 11.8 Å². The number of hydrogen-bond acceptors (Lipinski definition) is 2. The number of thiophene rings is 1. The van der Waals surface area contributed by atoms with Crippen molar-refractivity contribution in [3.05, 3.63) is 21.9 Å².